The molecule has 1 aliphatic rings. The molecule has 0 aliphatic heterocycles. The van der Waals surface area contributed by atoms with Crippen LogP contribution < -0.4 is 0 Å². The minimum Gasteiger partial charge on any atom is -0.382 e. The largest absolute Gasteiger partial charge is 0.382 e. The molecular formula is C14H27BrO3. The van der Waals surface area contributed by atoms with E-state index in [9.17, 15) is 0 Å². The maximum atomic E-state index is 5.61. The molecule has 108 valence electrons. The molecule has 0 N–H and O–H groups in total. The van der Waals surface area contributed by atoms with Gasteiger partial charge in [0.1, 0.15) is 0 Å². The van der Waals surface area contributed by atoms with E-state index in [0.717, 1.165) is 18.4 Å². The number of rotatable bonds is 9. The summed E-state index contributed by atoms with van der Waals surface area (Å²) in [5.74, 6) is 1.66. The van der Waals surface area contributed by atoms with Gasteiger partial charge in [-0.05, 0) is 37.5 Å². The highest BCUT2D eigenvalue weighted by molar-refractivity contribution is 9.09. The topological polar surface area (TPSA) is 27.7 Å². The summed E-state index contributed by atoms with van der Waals surface area (Å²) >= 11 is 3.80. The van der Waals surface area contributed by atoms with Crippen molar-refractivity contribution >= 4 is 15.9 Å². The molecule has 1 aliphatic carbocycles. The van der Waals surface area contributed by atoms with Gasteiger partial charge in [0.2, 0.25) is 0 Å². The summed E-state index contributed by atoms with van der Waals surface area (Å²) in [6.45, 7) is 5.89. The Balaban J connectivity index is 1.93. The van der Waals surface area contributed by atoms with E-state index in [-0.39, 0.29) is 0 Å². The van der Waals surface area contributed by atoms with Crippen molar-refractivity contribution < 1.29 is 14.2 Å². The minimum atomic E-state index is 0.656. The van der Waals surface area contributed by atoms with Gasteiger partial charge in [0.15, 0.2) is 0 Å². The van der Waals surface area contributed by atoms with E-state index in [2.05, 4.69) is 22.9 Å². The van der Waals surface area contributed by atoms with Crippen molar-refractivity contribution in [2.45, 2.75) is 37.4 Å². The van der Waals surface area contributed by atoms with Gasteiger partial charge in [0, 0.05) is 18.5 Å². The Hall–Kier alpha value is 0.360. The number of hydrogen-bond acceptors (Lipinski definition) is 3. The molecule has 0 bridgehead atoms. The zero-order valence-corrected chi connectivity index (χ0v) is 13.3. The van der Waals surface area contributed by atoms with Crippen LogP contribution in [0, 0.1) is 11.8 Å². The molecule has 3 atom stereocenters. The fraction of sp³-hybridized carbons (Fsp3) is 1.00. The lowest BCUT2D eigenvalue weighted by molar-refractivity contribution is 0.0206. The molecule has 18 heavy (non-hydrogen) atoms. The third-order valence-corrected chi connectivity index (χ3v) is 4.79. The highest BCUT2D eigenvalue weighted by Gasteiger charge is 2.26. The van der Waals surface area contributed by atoms with Crippen molar-refractivity contribution in [3.8, 4) is 0 Å². The van der Waals surface area contributed by atoms with Crippen LogP contribution >= 0.6 is 15.9 Å². The molecule has 3 nitrogen and oxygen atoms in total. The zero-order chi connectivity index (χ0) is 13.2. The predicted octanol–water partition coefficient (Wildman–Crippen LogP) is 3.26. The Bertz CT molecular complexity index is 201. The summed E-state index contributed by atoms with van der Waals surface area (Å²) in [6.07, 6.45) is 5.18. The number of ether oxygens (including phenoxy) is 3. The molecule has 0 radical (unpaired) electrons. The van der Waals surface area contributed by atoms with Gasteiger partial charge in [-0.1, -0.05) is 22.9 Å². The summed E-state index contributed by atoms with van der Waals surface area (Å²) < 4.78 is 15.9. The standard InChI is InChI=1S/C14H27BrO3/c1-12-3-4-14(15)13(11-12)5-6-17-9-10-18-8-7-16-2/h12-14H,3-11H2,1-2H3. The molecule has 3 unspecified atom stereocenters. The molecule has 0 aromatic heterocycles. The first-order chi connectivity index (χ1) is 8.74. The SMILES string of the molecule is COCCOCCOCCC1CC(C)CCC1Br. The van der Waals surface area contributed by atoms with Gasteiger partial charge in [-0.2, -0.15) is 0 Å². The maximum Gasteiger partial charge on any atom is 0.0701 e. The Morgan fingerprint density at radius 2 is 1.67 bits per heavy atom. The van der Waals surface area contributed by atoms with Gasteiger partial charge in [0.05, 0.1) is 26.4 Å². The van der Waals surface area contributed by atoms with E-state index in [1.54, 1.807) is 7.11 Å². The smallest absolute Gasteiger partial charge is 0.0701 e. The van der Waals surface area contributed by atoms with Crippen molar-refractivity contribution in [3.63, 3.8) is 0 Å². The van der Waals surface area contributed by atoms with Gasteiger partial charge in [0.25, 0.3) is 0 Å². The molecule has 1 rings (SSSR count). The minimum absolute atomic E-state index is 0.656. The van der Waals surface area contributed by atoms with E-state index in [1.165, 1.54) is 25.7 Å². The average molecular weight is 323 g/mol. The lowest BCUT2D eigenvalue weighted by Gasteiger charge is -2.31. The molecule has 4 heteroatoms. The Kier molecular flexibility index (Phi) is 9.29. The van der Waals surface area contributed by atoms with Crippen molar-refractivity contribution in [1.29, 1.82) is 0 Å². The van der Waals surface area contributed by atoms with Crippen LogP contribution in [0.15, 0.2) is 0 Å². The van der Waals surface area contributed by atoms with Crippen LogP contribution in [-0.2, 0) is 14.2 Å². The van der Waals surface area contributed by atoms with E-state index in [1.807, 2.05) is 0 Å². The molecule has 1 fully saturated rings. The van der Waals surface area contributed by atoms with Crippen LogP contribution in [0.2, 0.25) is 0 Å². The van der Waals surface area contributed by atoms with Gasteiger partial charge >= 0.3 is 0 Å². The maximum absolute atomic E-state index is 5.61. The lowest BCUT2D eigenvalue weighted by Crippen LogP contribution is -2.25. The monoisotopic (exact) mass is 322 g/mol. The fourth-order valence-electron chi connectivity index (χ4n) is 2.46. The molecule has 0 aromatic carbocycles. The number of methoxy groups -OCH3 is 1. The Labute approximate surface area is 120 Å². The van der Waals surface area contributed by atoms with Crippen LogP contribution in [0.25, 0.3) is 0 Å². The first-order valence-electron chi connectivity index (χ1n) is 7.02. The van der Waals surface area contributed by atoms with Crippen LogP contribution in [0.1, 0.15) is 32.6 Å². The summed E-state index contributed by atoms with van der Waals surface area (Å²) in [6, 6.07) is 0. The first kappa shape index (κ1) is 16.4. The Morgan fingerprint density at radius 1 is 1.00 bits per heavy atom. The second-order valence-corrected chi connectivity index (χ2v) is 6.38. The summed E-state index contributed by atoms with van der Waals surface area (Å²) in [5.41, 5.74) is 0. The van der Waals surface area contributed by atoms with Crippen LogP contribution in [0.3, 0.4) is 0 Å². The van der Waals surface area contributed by atoms with Gasteiger partial charge in [-0.3, -0.25) is 0 Å². The molecule has 0 saturated heterocycles. The fourth-order valence-corrected chi connectivity index (χ4v) is 3.20. The zero-order valence-electron chi connectivity index (χ0n) is 11.7. The summed E-state index contributed by atoms with van der Waals surface area (Å²) in [4.78, 5) is 0.690. The van der Waals surface area contributed by atoms with Crippen molar-refractivity contribution in [1.82, 2.24) is 0 Å². The van der Waals surface area contributed by atoms with E-state index in [4.69, 9.17) is 14.2 Å². The van der Waals surface area contributed by atoms with E-state index >= 15 is 0 Å². The molecular weight excluding hydrogens is 296 g/mol. The number of alkyl halides is 1. The van der Waals surface area contributed by atoms with Crippen molar-refractivity contribution in [3.05, 3.63) is 0 Å². The number of halogens is 1. The van der Waals surface area contributed by atoms with Crippen LogP contribution in [0.5, 0.6) is 0 Å². The number of hydrogen-bond donors (Lipinski definition) is 0. The van der Waals surface area contributed by atoms with E-state index in [0.29, 0.717) is 31.3 Å². The van der Waals surface area contributed by atoms with E-state index < -0.39 is 0 Å². The van der Waals surface area contributed by atoms with Crippen LogP contribution in [0.4, 0.5) is 0 Å². The normalized spacial score (nSPS) is 28.5. The third kappa shape index (κ3) is 7.07. The van der Waals surface area contributed by atoms with Crippen LogP contribution in [-0.4, -0.2) is 45.0 Å². The predicted molar refractivity (Wildman–Crippen MR) is 77.4 cm³/mol. The average Bonchev–Trinajstić information content (AvgIpc) is 2.36. The van der Waals surface area contributed by atoms with Gasteiger partial charge < -0.3 is 14.2 Å². The highest BCUT2D eigenvalue weighted by atomic mass is 79.9. The van der Waals surface area contributed by atoms with Gasteiger partial charge in [-0.25, -0.2) is 0 Å². The first-order valence-corrected chi connectivity index (χ1v) is 7.94. The lowest BCUT2D eigenvalue weighted by atomic mass is 9.81. The molecule has 1 saturated carbocycles. The second-order valence-electron chi connectivity index (χ2n) is 5.20. The van der Waals surface area contributed by atoms with Crippen molar-refractivity contribution in [2.75, 3.05) is 40.1 Å². The second kappa shape index (κ2) is 10.2. The van der Waals surface area contributed by atoms with Gasteiger partial charge in [-0.15, -0.1) is 0 Å². The molecule has 0 amide bonds. The third-order valence-electron chi connectivity index (χ3n) is 3.59. The summed E-state index contributed by atoms with van der Waals surface area (Å²) in [5, 5.41) is 0. The molecule has 0 aromatic rings. The van der Waals surface area contributed by atoms with Crippen molar-refractivity contribution in [2.24, 2.45) is 11.8 Å². The quantitative estimate of drug-likeness (QED) is 0.481. The Morgan fingerprint density at radius 3 is 2.39 bits per heavy atom. The molecule has 0 heterocycles. The summed E-state index contributed by atoms with van der Waals surface area (Å²) in [7, 11) is 1.68. The highest BCUT2D eigenvalue weighted by Crippen LogP contribution is 2.35. The molecule has 0 spiro atoms.